The van der Waals surface area contributed by atoms with Crippen LogP contribution in [0.3, 0.4) is 0 Å². The molecule has 0 amide bonds. The summed E-state index contributed by atoms with van der Waals surface area (Å²) in [5.74, 6) is -0.806. The highest BCUT2D eigenvalue weighted by molar-refractivity contribution is 5.47. The number of ether oxygens (including phenoxy) is 3. The lowest BCUT2D eigenvalue weighted by molar-refractivity contribution is -0.102. The zero-order chi connectivity index (χ0) is 29.8. The number of hydrogen-bond donors (Lipinski definition) is 2. The van der Waals surface area contributed by atoms with Crippen molar-refractivity contribution < 1.29 is 24.4 Å². The van der Waals surface area contributed by atoms with Crippen molar-refractivity contribution in [2.45, 2.75) is 45.2 Å². The third-order valence-corrected chi connectivity index (χ3v) is 8.01. The van der Waals surface area contributed by atoms with Crippen molar-refractivity contribution in [1.29, 1.82) is 0 Å². The summed E-state index contributed by atoms with van der Waals surface area (Å²) in [6.45, 7) is 7.02. The summed E-state index contributed by atoms with van der Waals surface area (Å²) in [6, 6.07) is 40.5. The highest BCUT2D eigenvalue weighted by atomic mass is 16.7. The second-order valence-corrected chi connectivity index (χ2v) is 11.2. The number of aliphatic hydroxyl groups is 2. The lowest BCUT2D eigenvalue weighted by atomic mass is 9.79. The van der Waals surface area contributed by atoms with E-state index in [-0.39, 0.29) is 31.2 Å². The fourth-order valence-electron chi connectivity index (χ4n) is 5.49. The summed E-state index contributed by atoms with van der Waals surface area (Å²) >= 11 is 0. The van der Waals surface area contributed by atoms with Gasteiger partial charge in [-0.25, -0.2) is 0 Å². The highest BCUT2D eigenvalue weighted by Crippen LogP contribution is 2.41. The molecule has 4 aromatic carbocycles. The normalized spacial score (nSPS) is 15.5. The molecule has 42 heavy (non-hydrogen) atoms. The second-order valence-electron chi connectivity index (χ2n) is 11.2. The van der Waals surface area contributed by atoms with E-state index in [1.54, 1.807) is 0 Å². The third-order valence-electron chi connectivity index (χ3n) is 8.01. The molecular weight excluding hydrogens is 524 g/mol. The number of benzene rings is 4. The van der Waals surface area contributed by atoms with Gasteiger partial charge in [-0.1, -0.05) is 142 Å². The van der Waals surface area contributed by atoms with Gasteiger partial charge in [0, 0.05) is 17.8 Å². The Morgan fingerprint density at radius 2 is 0.952 bits per heavy atom. The molecule has 0 radical (unpaired) electrons. The molecule has 0 aliphatic carbocycles. The van der Waals surface area contributed by atoms with Gasteiger partial charge >= 0.3 is 0 Å². The Bertz CT molecular complexity index is 1190. The maximum atomic E-state index is 11.3. The highest BCUT2D eigenvalue weighted by Gasteiger charge is 2.39. The van der Waals surface area contributed by atoms with E-state index in [0.717, 1.165) is 22.3 Å². The minimum absolute atomic E-state index is 0.147. The summed E-state index contributed by atoms with van der Waals surface area (Å²) < 4.78 is 18.2. The van der Waals surface area contributed by atoms with Gasteiger partial charge in [-0.15, -0.1) is 0 Å². The average Bonchev–Trinajstić information content (AvgIpc) is 3.05. The molecule has 0 saturated carbocycles. The Morgan fingerprint density at radius 3 is 1.40 bits per heavy atom. The fourth-order valence-corrected chi connectivity index (χ4v) is 5.49. The first-order valence-electron chi connectivity index (χ1n) is 14.8. The molecule has 5 atom stereocenters. The van der Waals surface area contributed by atoms with Crippen molar-refractivity contribution in [2.24, 2.45) is 17.8 Å². The average molecular weight is 569 g/mol. The topological polar surface area (TPSA) is 68.2 Å². The number of hydrogen-bond acceptors (Lipinski definition) is 5. The zero-order valence-electron chi connectivity index (χ0n) is 24.9. The summed E-state index contributed by atoms with van der Waals surface area (Å²) in [6.07, 6.45) is -1.53. The van der Waals surface area contributed by atoms with Crippen molar-refractivity contribution in [3.05, 3.63) is 144 Å². The summed E-state index contributed by atoms with van der Waals surface area (Å²) in [5.41, 5.74) is 3.26. The van der Waals surface area contributed by atoms with Crippen LogP contribution in [0, 0.1) is 17.8 Å². The van der Waals surface area contributed by atoms with Crippen LogP contribution in [0.1, 0.15) is 43.0 Å². The predicted molar refractivity (Wildman–Crippen MR) is 167 cm³/mol. The predicted octanol–water partition coefficient (Wildman–Crippen LogP) is 6.82. The van der Waals surface area contributed by atoms with Crippen LogP contribution in [0.25, 0.3) is 0 Å². The minimum Gasteiger partial charge on any atom is -0.392 e. The van der Waals surface area contributed by atoms with Crippen molar-refractivity contribution in [3.8, 4) is 0 Å². The van der Waals surface area contributed by atoms with Crippen LogP contribution in [0.2, 0.25) is 0 Å². The van der Waals surface area contributed by atoms with E-state index in [4.69, 9.17) is 14.2 Å². The molecule has 0 unspecified atom stereocenters. The van der Waals surface area contributed by atoms with Gasteiger partial charge in [0.1, 0.15) is 12.4 Å². The number of aliphatic hydroxyl groups excluding tert-OH is 2. The molecule has 5 nitrogen and oxygen atoms in total. The molecule has 0 aliphatic rings. The lowest BCUT2D eigenvalue weighted by Crippen LogP contribution is -2.42. The van der Waals surface area contributed by atoms with Crippen LogP contribution in [0.5, 0.6) is 0 Å². The smallest absolute Gasteiger partial charge is 0.147 e. The Kier molecular flexibility index (Phi) is 11.9. The van der Waals surface area contributed by atoms with Crippen LogP contribution in [-0.4, -0.2) is 42.4 Å². The third kappa shape index (κ3) is 7.94. The molecule has 4 aromatic rings. The molecule has 0 bridgehead atoms. The Morgan fingerprint density at radius 1 is 0.548 bits per heavy atom. The molecule has 0 fully saturated rings. The van der Waals surface area contributed by atoms with Gasteiger partial charge in [0.05, 0.1) is 32.0 Å². The monoisotopic (exact) mass is 568 g/mol. The van der Waals surface area contributed by atoms with Gasteiger partial charge in [-0.2, -0.15) is 0 Å². The molecule has 5 heteroatoms. The van der Waals surface area contributed by atoms with Crippen molar-refractivity contribution in [3.63, 3.8) is 0 Å². The van der Waals surface area contributed by atoms with E-state index in [1.807, 2.05) is 106 Å². The molecule has 2 N–H and O–H groups in total. The van der Waals surface area contributed by atoms with E-state index in [0.29, 0.717) is 13.2 Å². The molecule has 0 heterocycles. The zero-order valence-corrected chi connectivity index (χ0v) is 24.9. The van der Waals surface area contributed by atoms with Crippen LogP contribution in [-0.2, 0) is 26.4 Å². The minimum atomic E-state index is -0.861. The fraction of sp³-hybridized carbons (Fsp3) is 0.351. The summed E-state index contributed by atoms with van der Waals surface area (Å²) in [5, 5.41) is 22.4. The summed E-state index contributed by atoms with van der Waals surface area (Å²) in [7, 11) is 0. The largest absolute Gasteiger partial charge is 0.392 e. The maximum absolute atomic E-state index is 11.3. The van der Waals surface area contributed by atoms with Crippen LogP contribution in [0.4, 0.5) is 0 Å². The van der Waals surface area contributed by atoms with E-state index in [1.165, 1.54) is 0 Å². The molecule has 0 aliphatic heterocycles. The molecule has 0 spiro atoms. The van der Waals surface area contributed by atoms with E-state index in [2.05, 4.69) is 36.4 Å². The van der Waals surface area contributed by atoms with E-state index in [9.17, 15) is 10.2 Å². The van der Waals surface area contributed by atoms with Crippen LogP contribution < -0.4 is 0 Å². The van der Waals surface area contributed by atoms with Gasteiger partial charge in [0.25, 0.3) is 0 Å². The number of rotatable bonds is 16. The van der Waals surface area contributed by atoms with Crippen molar-refractivity contribution in [2.75, 3.05) is 20.0 Å². The Balaban J connectivity index is 1.40. The molecule has 0 aromatic heterocycles. The first kappa shape index (κ1) is 31.6. The second kappa shape index (κ2) is 15.8. The standard InChI is InChI=1S/C37H44O5/c1-28(24-40-27-41-26-31-16-8-4-9-17-31)35(38)30(3)36(39)29(2)25-42-37(32-18-10-5-11-19-32,33-20-12-6-13-21-33)34-22-14-7-15-23-34/h4-23,28-30,35-36,38-39H,24-27H2,1-3H3/t28-,29+,30-,35-,36-/m0/s1. The molecule has 4 rings (SSSR count). The Hall–Kier alpha value is -3.32. The molecule has 222 valence electrons. The van der Waals surface area contributed by atoms with Gasteiger partial charge in [0.2, 0.25) is 0 Å². The first-order chi connectivity index (χ1) is 20.4. The maximum Gasteiger partial charge on any atom is 0.147 e. The Labute approximate surface area is 250 Å². The van der Waals surface area contributed by atoms with Crippen LogP contribution >= 0.6 is 0 Å². The van der Waals surface area contributed by atoms with Gasteiger partial charge in [-0.05, 0) is 22.3 Å². The van der Waals surface area contributed by atoms with Gasteiger partial charge < -0.3 is 24.4 Å². The van der Waals surface area contributed by atoms with Crippen molar-refractivity contribution in [1.82, 2.24) is 0 Å². The quantitative estimate of drug-likeness (QED) is 0.0882. The molecular formula is C37H44O5. The SMILES string of the molecule is C[C@H]([C@@H](O)[C@H](C)COC(c1ccccc1)(c1ccccc1)c1ccccc1)[C@@H](O)[C@@H](C)COCOCc1ccccc1. The van der Waals surface area contributed by atoms with E-state index < -0.39 is 17.8 Å². The first-order valence-corrected chi connectivity index (χ1v) is 14.8. The van der Waals surface area contributed by atoms with Crippen LogP contribution in [0.15, 0.2) is 121 Å². The molecule has 0 saturated heterocycles. The van der Waals surface area contributed by atoms with Crippen molar-refractivity contribution >= 4 is 0 Å². The lowest BCUT2D eigenvalue weighted by Gasteiger charge is -2.38. The van der Waals surface area contributed by atoms with Gasteiger partial charge in [0.15, 0.2) is 0 Å². The van der Waals surface area contributed by atoms with Gasteiger partial charge in [-0.3, -0.25) is 0 Å². The summed E-state index contributed by atoms with van der Waals surface area (Å²) in [4.78, 5) is 0. The van der Waals surface area contributed by atoms with E-state index >= 15 is 0 Å².